The summed E-state index contributed by atoms with van der Waals surface area (Å²) in [6.07, 6.45) is -1.67. The minimum Gasteiger partial charge on any atom is -0.396 e. The van der Waals surface area contributed by atoms with E-state index in [4.69, 9.17) is 20.4 Å². The monoisotopic (exact) mass is 136 g/mol. The SMILES string of the molecule is CC(CO)(CO)C(O)O. The third kappa shape index (κ3) is 1.91. The van der Waals surface area contributed by atoms with Gasteiger partial charge in [-0.25, -0.2) is 0 Å². The van der Waals surface area contributed by atoms with Crippen molar-refractivity contribution in [1.82, 2.24) is 0 Å². The van der Waals surface area contributed by atoms with Gasteiger partial charge in [-0.15, -0.1) is 0 Å². The van der Waals surface area contributed by atoms with Crippen LogP contribution in [0.2, 0.25) is 0 Å². The van der Waals surface area contributed by atoms with Gasteiger partial charge in [0.1, 0.15) is 0 Å². The molecule has 4 nitrogen and oxygen atoms in total. The molecule has 0 aliphatic carbocycles. The predicted octanol–water partition coefficient (Wildman–Crippen LogP) is -1.71. The van der Waals surface area contributed by atoms with Crippen LogP contribution < -0.4 is 0 Å². The summed E-state index contributed by atoms with van der Waals surface area (Å²) in [5.41, 5.74) is -1.19. The van der Waals surface area contributed by atoms with Crippen LogP contribution in [0.15, 0.2) is 0 Å². The predicted molar refractivity (Wildman–Crippen MR) is 30.5 cm³/mol. The van der Waals surface area contributed by atoms with E-state index in [0.29, 0.717) is 0 Å². The summed E-state index contributed by atoms with van der Waals surface area (Å²) in [5, 5.41) is 34.0. The van der Waals surface area contributed by atoms with E-state index in [9.17, 15) is 0 Å². The summed E-state index contributed by atoms with van der Waals surface area (Å²) in [6, 6.07) is 0. The maximum Gasteiger partial charge on any atom is 0.161 e. The largest absolute Gasteiger partial charge is 0.396 e. The van der Waals surface area contributed by atoms with Gasteiger partial charge in [0.05, 0.1) is 18.6 Å². The molecule has 0 unspecified atom stereocenters. The normalized spacial score (nSPS) is 12.7. The van der Waals surface area contributed by atoms with Gasteiger partial charge in [-0.05, 0) is 0 Å². The van der Waals surface area contributed by atoms with Gasteiger partial charge in [0.25, 0.3) is 0 Å². The second-order valence-electron chi connectivity index (χ2n) is 2.34. The lowest BCUT2D eigenvalue weighted by atomic mass is 9.92. The van der Waals surface area contributed by atoms with Crippen molar-refractivity contribution in [3.8, 4) is 0 Å². The van der Waals surface area contributed by atoms with Gasteiger partial charge >= 0.3 is 0 Å². The van der Waals surface area contributed by atoms with Gasteiger partial charge in [-0.2, -0.15) is 0 Å². The molecule has 0 fully saturated rings. The molecule has 0 radical (unpaired) electrons. The summed E-state index contributed by atoms with van der Waals surface area (Å²) < 4.78 is 0. The molecule has 0 heterocycles. The average molecular weight is 136 g/mol. The minimum absolute atomic E-state index is 0.443. The van der Waals surface area contributed by atoms with E-state index in [2.05, 4.69) is 0 Å². The molecule has 4 heteroatoms. The molecule has 9 heavy (non-hydrogen) atoms. The van der Waals surface area contributed by atoms with Crippen molar-refractivity contribution in [3.63, 3.8) is 0 Å². The van der Waals surface area contributed by atoms with Gasteiger partial charge in [0.2, 0.25) is 0 Å². The first-order valence-electron chi connectivity index (χ1n) is 2.64. The van der Waals surface area contributed by atoms with Crippen LogP contribution in [0.4, 0.5) is 0 Å². The van der Waals surface area contributed by atoms with Crippen LogP contribution in [-0.2, 0) is 0 Å². The lowest BCUT2D eigenvalue weighted by Crippen LogP contribution is -2.38. The van der Waals surface area contributed by atoms with Crippen molar-refractivity contribution in [3.05, 3.63) is 0 Å². The van der Waals surface area contributed by atoms with E-state index < -0.39 is 24.9 Å². The molecule has 56 valence electrons. The van der Waals surface area contributed by atoms with Gasteiger partial charge in [-0.1, -0.05) is 6.92 Å². The number of aliphatic hydroxyl groups is 4. The van der Waals surface area contributed by atoms with Crippen LogP contribution in [0, 0.1) is 5.41 Å². The van der Waals surface area contributed by atoms with E-state index in [1.165, 1.54) is 6.92 Å². The molecule has 0 aliphatic heterocycles. The molecular weight excluding hydrogens is 124 g/mol. The van der Waals surface area contributed by atoms with E-state index >= 15 is 0 Å². The smallest absolute Gasteiger partial charge is 0.161 e. The number of hydrogen-bond donors (Lipinski definition) is 4. The minimum atomic E-state index is -1.67. The fourth-order valence-electron chi connectivity index (χ4n) is 0.213. The van der Waals surface area contributed by atoms with Crippen LogP contribution in [-0.4, -0.2) is 39.9 Å². The van der Waals surface area contributed by atoms with Crippen LogP contribution in [0.3, 0.4) is 0 Å². The molecule has 0 amide bonds. The summed E-state index contributed by atoms with van der Waals surface area (Å²) in [7, 11) is 0. The molecule has 0 spiro atoms. The topological polar surface area (TPSA) is 80.9 Å². The molecule has 0 aromatic rings. The van der Waals surface area contributed by atoms with Gasteiger partial charge in [0, 0.05) is 0 Å². The zero-order chi connectivity index (χ0) is 7.49. The number of aliphatic hydroxyl groups excluding tert-OH is 3. The quantitative estimate of drug-likeness (QED) is 0.348. The fraction of sp³-hybridized carbons (Fsp3) is 1.00. The Morgan fingerprint density at radius 1 is 1.22 bits per heavy atom. The van der Waals surface area contributed by atoms with E-state index in [1.54, 1.807) is 0 Å². The third-order valence-electron chi connectivity index (χ3n) is 1.35. The first kappa shape index (κ1) is 8.84. The molecule has 0 aromatic heterocycles. The van der Waals surface area contributed by atoms with Crippen molar-refractivity contribution in [1.29, 1.82) is 0 Å². The summed E-state index contributed by atoms with van der Waals surface area (Å²) in [6.45, 7) is 0.486. The maximum absolute atomic E-state index is 8.51. The second-order valence-corrected chi connectivity index (χ2v) is 2.34. The van der Waals surface area contributed by atoms with E-state index in [1.807, 2.05) is 0 Å². The van der Waals surface area contributed by atoms with Crippen molar-refractivity contribution in [2.24, 2.45) is 5.41 Å². The Balaban J connectivity index is 3.92. The zero-order valence-electron chi connectivity index (χ0n) is 5.28. The summed E-state index contributed by atoms with van der Waals surface area (Å²) in [5.74, 6) is 0. The first-order chi connectivity index (χ1) is 4.06. The molecule has 0 atom stereocenters. The van der Waals surface area contributed by atoms with Crippen molar-refractivity contribution in [2.75, 3.05) is 13.2 Å². The standard InChI is InChI=1S/C5H12O4/c1-5(2-6,3-7)4(8)9/h4,6-9H,2-3H2,1H3. The highest BCUT2D eigenvalue weighted by molar-refractivity contribution is 4.73. The maximum atomic E-state index is 8.51. The fourth-order valence-corrected chi connectivity index (χ4v) is 0.213. The molecule has 0 aliphatic rings. The average Bonchev–Trinajstić information content (AvgIpc) is 1.86. The highest BCUT2D eigenvalue weighted by atomic mass is 16.5. The third-order valence-corrected chi connectivity index (χ3v) is 1.35. The Bertz CT molecular complexity index is 77.0. The molecule has 0 bridgehead atoms. The van der Waals surface area contributed by atoms with Crippen LogP contribution >= 0.6 is 0 Å². The van der Waals surface area contributed by atoms with Gasteiger partial charge in [-0.3, -0.25) is 0 Å². The van der Waals surface area contributed by atoms with Crippen LogP contribution in [0.1, 0.15) is 6.92 Å². The molecule has 0 rings (SSSR count). The van der Waals surface area contributed by atoms with E-state index in [-0.39, 0.29) is 0 Å². The number of rotatable bonds is 3. The summed E-state index contributed by atoms with van der Waals surface area (Å²) in [4.78, 5) is 0. The van der Waals surface area contributed by atoms with Crippen LogP contribution in [0.25, 0.3) is 0 Å². The first-order valence-corrected chi connectivity index (χ1v) is 2.64. The Morgan fingerprint density at radius 3 is 1.56 bits per heavy atom. The highest BCUT2D eigenvalue weighted by Crippen LogP contribution is 2.17. The Hall–Kier alpha value is -0.160. The molecule has 0 saturated heterocycles. The zero-order valence-corrected chi connectivity index (χ0v) is 5.28. The molecule has 0 saturated carbocycles. The van der Waals surface area contributed by atoms with Crippen molar-refractivity contribution in [2.45, 2.75) is 13.2 Å². The summed E-state index contributed by atoms with van der Waals surface area (Å²) >= 11 is 0. The Morgan fingerprint density at radius 2 is 1.56 bits per heavy atom. The van der Waals surface area contributed by atoms with Crippen molar-refractivity contribution < 1.29 is 20.4 Å². The molecule has 4 N–H and O–H groups in total. The second kappa shape index (κ2) is 3.12. The Kier molecular flexibility index (Phi) is 3.07. The van der Waals surface area contributed by atoms with Crippen LogP contribution in [0.5, 0.6) is 0 Å². The van der Waals surface area contributed by atoms with E-state index in [0.717, 1.165) is 0 Å². The van der Waals surface area contributed by atoms with Gasteiger partial charge < -0.3 is 20.4 Å². The number of hydrogen-bond acceptors (Lipinski definition) is 4. The molecular formula is C5H12O4. The van der Waals surface area contributed by atoms with Gasteiger partial charge in [0.15, 0.2) is 6.29 Å². The Labute approximate surface area is 53.4 Å². The highest BCUT2D eigenvalue weighted by Gasteiger charge is 2.29. The lowest BCUT2D eigenvalue weighted by Gasteiger charge is -2.25. The van der Waals surface area contributed by atoms with Crippen molar-refractivity contribution >= 4 is 0 Å². The molecule has 0 aromatic carbocycles. The lowest BCUT2D eigenvalue weighted by molar-refractivity contribution is -0.159.